The van der Waals surface area contributed by atoms with Gasteiger partial charge in [0.05, 0.1) is 6.61 Å². The van der Waals surface area contributed by atoms with Crippen molar-refractivity contribution in [1.82, 2.24) is 0 Å². The SMILES string of the molecule is COC(N)C1COC(C)(C)O1. The average Bonchev–Trinajstić information content (AvgIpc) is 2.29. The zero-order valence-electron chi connectivity index (χ0n) is 7.16. The fourth-order valence-electron chi connectivity index (χ4n) is 1.03. The Bertz CT molecular complexity index is 138. The molecule has 0 radical (unpaired) electrons. The molecular weight excluding hydrogens is 146 g/mol. The molecule has 4 heteroatoms. The van der Waals surface area contributed by atoms with Crippen molar-refractivity contribution in [2.75, 3.05) is 13.7 Å². The van der Waals surface area contributed by atoms with E-state index in [4.69, 9.17) is 19.9 Å². The number of rotatable bonds is 2. The Morgan fingerprint density at radius 3 is 2.64 bits per heavy atom. The summed E-state index contributed by atoms with van der Waals surface area (Å²) in [6, 6.07) is 0. The van der Waals surface area contributed by atoms with Gasteiger partial charge in [-0.05, 0) is 13.8 Å². The number of methoxy groups -OCH3 is 1. The number of hydrogen-bond donors (Lipinski definition) is 1. The van der Waals surface area contributed by atoms with Crippen LogP contribution in [0.15, 0.2) is 0 Å². The summed E-state index contributed by atoms with van der Waals surface area (Å²) in [5, 5.41) is 0. The normalized spacial score (nSPS) is 32.2. The highest BCUT2D eigenvalue weighted by molar-refractivity contribution is 4.74. The van der Waals surface area contributed by atoms with Gasteiger partial charge in [0, 0.05) is 7.11 Å². The van der Waals surface area contributed by atoms with Crippen LogP contribution in [0.25, 0.3) is 0 Å². The maximum absolute atomic E-state index is 5.57. The van der Waals surface area contributed by atoms with Crippen LogP contribution in [-0.2, 0) is 14.2 Å². The van der Waals surface area contributed by atoms with Gasteiger partial charge in [-0.25, -0.2) is 0 Å². The van der Waals surface area contributed by atoms with Gasteiger partial charge >= 0.3 is 0 Å². The monoisotopic (exact) mass is 161 g/mol. The van der Waals surface area contributed by atoms with E-state index in [0.717, 1.165) is 0 Å². The molecule has 0 aromatic rings. The van der Waals surface area contributed by atoms with E-state index in [-0.39, 0.29) is 6.10 Å². The first-order valence-corrected chi connectivity index (χ1v) is 3.65. The highest BCUT2D eigenvalue weighted by atomic mass is 16.7. The van der Waals surface area contributed by atoms with Gasteiger partial charge in [0.15, 0.2) is 5.79 Å². The van der Waals surface area contributed by atoms with Crippen LogP contribution in [0.3, 0.4) is 0 Å². The third kappa shape index (κ3) is 2.13. The lowest BCUT2D eigenvalue weighted by atomic mass is 10.3. The Hall–Kier alpha value is -0.160. The van der Waals surface area contributed by atoms with Gasteiger partial charge in [-0.1, -0.05) is 0 Å². The van der Waals surface area contributed by atoms with E-state index in [0.29, 0.717) is 6.61 Å². The molecule has 1 aliphatic rings. The minimum absolute atomic E-state index is 0.144. The largest absolute Gasteiger partial charge is 0.364 e. The van der Waals surface area contributed by atoms with Crippen LogP contribution in [-0.4, -0.2) is 31.8 Å². The predicted octanol–water partition coefficient (Wildman–Crippen LogP) is 0.0691. The quantitative estimate of drug-likeness (QED) is 0.582. The van der Waals surface area contributed by atoms with Crippen molar-refractivity contribution in [1.29, 1.82) is 0 Å². The summed E-state index contributed by atoms with van der Waals surface area (Å²) in [7, 11) is 1.55. The fraction of sp³-hybridized carbons (Fsp3) is 1.00. The second kappa shape index (κ2) is 3.06. The first kappa shape index (κ1) is 8.93. The van der Waals surface area contributed by atoms with Crippen molar-refractivity contribution in [2.45, 2.75) is 32.0 Å². The molecule has 0 aromatic carbocycles. The first-order valence-electron chi connectivity index (χ1n) is 3.65. The Morgan fingerprint density at radius 2 is 2.27 bits per heavy atom. The summed E-state index contributed by atoms with van der Waals surface area (Å²) in [6.07, 6.45) is -0.535. The Kier molecular flexibility index (Phi) is 2.49. The van der Waals surface area contributed by atoms with Crippen molar-refractivity contribution in [3.05, 3.63) is 0 Å². The molecule has 2 N–H and O–H groups in total. The van der Waals surface area contributed by atoms with Crippen molar-refractivity contribution < 1.29 is 14.2 Å². The zero-order chi connectivity index (χ0) is 8.48. The van der Waals surface area contributed by atoms with Crippen LogP contribution in [0, 0.1) is 0 Å². The molecule has 2 unspecified atom stereocenters. The molecule has 4 nitrogen and oxygen atoms in total. The standard InChI is InChI=1S/C7H15NO3/c1-7(2)10-4-5(11-7)6(8)9-3/h5-6H,4,8H2,1-3H3. The molecule has 1 fully saturated rings. The molecule has 2 atom stereocenters. The molecule has 1 aliphatic heterocycles. The van der Waals surface area contributed by atoms with Crippen molar-refractivity contribution in [2.24, 2.45) is 5.73 Å². The molecule has 0 bridgehead atoms. The minimum Gasteiger partial charge on any atom is -0.364 e. The summed E-state index contributed by atoms with van der Waals surface area (Å²) in [5.74, 6) is -0.513. The Labute approximate surface area is 66.6 Å². The topological polar surface area (TPSA) is 53.7 Å². The van der Waals surface area contributed by atoms with E-state index < -0.39 is 12.0 Å². The van der Waals surface area contributed by atoms with E-state index >= 15 is 0 Å². The maximum atomic E-state index is 5.57. The van der Waals surface area contributed by atoms with E-state index in [1.165, 1.54) is 0 Å². The summed E-state index contributed by atoms with van der Waals surface area (Å²) >= 11 is 0. The van der Waals surface area contributed by atoms with E-state index in [1.807, 2.05) is 13.8 Å². The smallest absolute Gasteiger partial charge is 0.163 e. The predicted molar refractivity (Wildman–Crippen MR) is 39.9 cm³/mol. The Balaban J connectivity index is 2.41. The van der Waals surface area contributed by atoms with Crippen molar-refractivity contribution in [3.8, 4) is 0 Å². The molecule has 1 rings (SSSR count). The molecule has 0 amide bonds. The third-order valence-electron chi connectivity index (χ3n) is 1.67. The lowest BCUT2D eigenvalue weighted by molar-refractivity contribution is -0.153. The van der Waals surface area contributed by atoms with E-state index in [9.17, 15) is 0 Å². The van der Waals surface area contributed by atoms with E-state index in [2.05, 4.69) is 0 Å². The van der Waals surface area contributed by atoms with Crippen molar-refractivity contribution in [3.63, 3.8) is 0 Å². The highest BCUT2D eigenvalue weighted by Gasteiger charge is 2.36. The third-order valence-corrected chi connectivity index (χ3v) is 1.67. The molecule has 1 heterocycles. The second-order valence-corrected chi connectivity index (χ2v) is 3.07. The molecular formula is C7H15NO3. The lowest BCUT2D eigenvalue weighted by Gasteiger charge is -2.19. The van der Waals surface area contributed by atoms with Gasteiger partial charge in [-0.2, -0.15) is 0 Å². The fourth-order valence-corrected chi connectivity index (χ4v) is 1.03. The van der Waals surface area contributed by atoms with Gasteiger partial charge in [-0.15, -0.1) is 0 Å². The first-order chi connectivity index (χ1) is 5.05. The highest BCUT2D eigenvalue weighted by Crippen LogP contribution is 2.23. The van der Waals surface area contributed by atoms with Gasteiger partial charge in [0.2, 0.25) is 0 Å². The molecule has 0 saturated carbocycles. The van der Waals surface area contributed by atoms with Gasteiger partial charge < -0.3 is 19.9 Å². The van der Waals surface area contributed by atoms with Crippen LogP contribution in [0.1, 0.15) is 13.8 Å². The number of nitrogens with two attached hydrogens (primary N) is 1. The second-order valence-electron chi connectivity index (χ2n) is 3.07. The van der Waals surface area contributed by atoms with Crippen LogP contribution in [0.2, 0.25) is 0 Å². The zero-order valence-corrected chi connectivity index (χ0v) is 7.16. The summed E-state index contributed by atoms with van der Waals surface area (Å²) in [5.41, 5.74) is 5.57. The number of hydrogen-bond acceptors (Lipinski definition) is 4. The van der Waals surface area contributed by atoms with E-state index in [1.54, 1.807) is 7.11 Å². The molecule has 0 spiro atoms. The molecule has 0 aliphatic carbocycles. The Morgan fingerprint density at radius 1 is 1.64 bits per heavy atom. The maximum Gasteiger partial charge on any atom is 0.163 e. The lowest BCUT2D eigenvalue weighted by Crippen LogP contribution is -2.38. The number of ether oxygens (including phenoxy) is 3. The summed E-state index contributed by atoms with van der Waals surface area (Å²) in [4.78, 5) is 0. The molecule has 66 valence electrons. The molecule has 11 heavy (non-hydrogen) atoms. The molecule has 1 saturated heterocycles. The summed E-state index contributed by atoms with van der Waals surface area (Å²) in [6.45, 7) is 4.22. The van der Waals surface area contributed by atoms with Crippen molar-refractivity contribution >= 4 is 0 Å². The van der Waals surface area contributed by atoms with Crippen LogP contribution >= 0.6 is 0 Å². The minimum atomic E-state index is -0.513. The van der Waals surface area contributed by atoms with Crippen LogP contribution in [0.4, 0.5) is 0 Å². The average molecular weight is 161 g/mol. The summed E-state index contributed by atoms with van der Waals surface area (Å²) < 4.78 is 15.6. The van der Waals surface area contributed by atoms with Gasteiger partial charge in [0.1, 0.15) is 12.3 Å². The van der Waals surface area contributed by atoms with Gasteiger partial charge in [0.25, 0.3) is 0 Å². The van der Waals surface area contributed by atoms with Crippen LogP contribution in [0.5, 0.6) is 0 Å². The van der Waals surface area contributed by atoms with Gasteiger partial charge in [-0.3, -0.25) is 0 Å². The molecule has 0 aromatic heterocycles. The van der Waals surface area contributed by atoms with Crippen LogP contribution < -0.4 is 5.73 Å².